The van der Waals surface area contributed by atoms with Crippen molar-refractivity contribution in [2.45, 2.75) is 52.6 Å². The predicted octanol–water partition coefficient (Wildman–Crippen LogP) is 5.56. The summed E-state index contributed by atoms with van der Waals surface area (Å²) < 4.78 is 11.6. The number of para-hydroxylation sites is 2. The quantitative estimate of drug-likeness (QED) is 0.435. The van der Waals surface area contributed by atoms with E-state index in [0.29, 0.717) is 17.7 Å². The van der Waals surface area contributed by atoms with Crippen LogP contribution in [0.2, 0.25) is 0 Å². The molecule has 6 heteroatoms. The van der Waals surface area contributed by atoms with Crippen molar-refractivity contribution in [2.24, 2.45) is 5.92 Å². The zero-order chi connectivity index (χ0) is 22.4. The van der Waals surface area contributed by atoms with Gasteiger partial charge in [-0.05, 0) is 68.9 Å². The molecule has 0 fully saturated rings. The molecule has 0 bridgehead atoms. The van der Waals surface area contributed by atoms with Crippen molar-refractivity contribution in [3.63, 3.8) is 0 Å². The lowest BCUT2D eigenvalue weighted by Crippen LogP contribution is -2.37. The average molecular weight is 425 g/mol. The van der Waals surface area contributed by atoms with E-state index >= 15 is 0 Å². The zero-order valence-corrected chi connectivity index (χ0v) is 18.8. The van der Waals surface area contributed by atoms with Crippen LogP contribution in [-0.2, 0) is 11.2 Å². The van der Waals surface area contributed by atoms with Gasteiger partial charge < -0.3 is 19.2 Å². The number of fused-ring (bicyclic) bond motifs is 1. The van der Waals surface area contributed by atoms with Crippen molar-refractivity contribution in [3.05, 3.63) is 54.1 Å². The van der Waals surface area contributed by atoms with Gasteiger partial charge in [0, 0.05) is 13.1 Å². The molecule has 1 aromatic heterocycles. The van der Waals surface area contributed by atoms with Gasteiger partial charge in [0.05, 0.1) is 0 Å². The van der Waals surface area contributed by atoms with Crippen LogP contribution in [0.15, 0.2) is 52.9 Å². The van der Waals surface area contributed by atoms with Crippen molar-refractivity contribution in [1.29, 1.82) is 0 Å². The minimum absolute atomic E-state index is 0.557. The molecule has 0 aliphatic carbocycles. The van der Waals surface area contributed by atoms with Crippen molar-refractivity contribution >= 4 is 23.1 Å². The van der Waals surface area contributed by atoms with Gasteiger partial charge in [0.2, 0.25) is 0 Å². The van der Waals surface area contributed by atoms with Gasteiger partial charge in [-0.1, -0.05) is 38.1 Å². The van der Waals surface area contributed by atoms with Crippen LogP contribution in [0.25, 0.3) is 11.1 Å². The number of carbonyl (C=O) groups is 1. The maximum Gasteiger partial charge on any atom is 0.347 e. The first-order valence-electron chi connectivity index (χ1n) is 10.9. The summed E-state index contributed by atoms with van der Waals surface area (Å²) in [5, 5.41) is 9.20. The molecule has 3 aromatic rings. The highest BCUT2D eigenvalue weighted by molar-refractivity contribution is 5.76. The lowest BCUT2D eigenvalue weighted by molar-refractivity contribution is -0.152. The number of rotatable bonds is 11. The number of aryl methyl sites for hydroxylation is 1. The topological polar surface area (TPSA) is 75.8 Å². The average Bonchev–Trinajstić information content (AvgIpc) is 3.15. The van der Waals surface area contributed by atoms with Crippen LogP contribution in [0, 0.1) is 5.92 Å². The molecule has 0 saturated heterocycles. The van der Waals surface area contributed by atoms with E-state index in [1.807, 2.05) is 48.5 Å². The summed E-state index contributed by atoms with van der Waals surface area (Å²) in [7, 11) is 0. The Kier molecular flexibility index (Phi) is 7.21. The molecule has 0 atom stereocenters. The normalized spacial score (nSPS) is 11.8. The van der Waals surface area contributed by atoms with Gasteiger partial charge in [0.25, 0.3) is 6.01 Å². The van der Waals surface area contributed by atoms with Crippen molar-refractivity contribution in [3.8, 4) is 5.75 Å². The monoisotopic (exact) mass is 424 g/mol. The number of oxazole rings is 1. The van der Waals surface area contributed by atoms with Crippen molar-refractivity contribution < 1.29 is 19.1 Å². The largest absolute Gasteiger partial charge is 0.478 e. The molecular weight excluding hydrogens is 392 g/mol. The van der Waals surface area contributed by atoms with E-state index in [4.69, 9.17) is 9.15 Å². The molecule has 0 radical (unpaired) electrons. The molecule has 0 spiro atoms. The van der Waals surface area contributed by atoms with E-state index in [-0.39, 0.29) is 0 Å². The Morgan fingerprint density at radius 2 is 1.84 bits per heavy atom. The third kappa shape index (κ3) is 6.23. The molecular formula is C25H32N2O4. The van der Waals surface area contributed by atoms with Gasteiger partial charge in [0.1, 0.15) is 11.3 Å². The Hall–Kier alpha value is -3.02. The van der Waals surface area contributed by atoms with Crippen LogP contribution in [0.1, 0.15) is 46.1 Å². The molecule has 0 aliphatic rings. The second kappa shape index (κ2) is 9.86. The van der Waals surface area contributed by atoms with Crippen LogP contribution >= 0.6 is 0 Å². The zero-order valence-electron chi connectivity index (χ0n) is 18.8. The fraction of sp³-hybridized carbons (Fsp3) is 0.440. The fourth-order valence-corrected chi connectivity index (χ4v) is 3.25. The fourth-order valence-electron chi connectivity index (χ4n) is 3.25. The molecule has 3 rings (SSSR count). The summed E-state index contributed by atoms with van der Waals surface area (Å²) in [6, 6.07) is 16.2. The Morgan fingerprint density at radius 1 is 1.13 bits per heavy atom. The lowest BCUT2D eigenvalue weighted by Gasteiger charge is -2.22. The van der Waals surface area contributed by atoms with Gasteiger partial charge in [-0.2, -0.15) is 4.98 Å². The highest BCUT2D eigenvalue weighted by Crippen LogP contribution is 2.23. The summed E-state index contributed by atoms with van der Waals surface area (Å²) in [5.74, 6) is 0.174. The minimum Gasteiger partial charge on any atom is -0.478 e. The molecule has 31 heavy (non-hydrogen) atoms. The third-order valence-corrected chi connectivity index (χ3v) is 5.23. The molecule has 0 amide bonds. The molecule has 6 nitrogen and oxygen atoms in total. The van der Waals surface area contributed by atoms with Gasteiger partial charge in [-0.3, -0.25) is 0 Å². The summed E-state index contributed by atoms with van der Waals surface area (Å²) in [6.07, 6.45) is 2.93. The number of ether oxygens (including phenoxy) is 1. The molecule has 1 heterocycles. The number of anilines is 1. The third-order valence-electron chi connectivity index (χ3n) is 5.23. The summed E-state index contributed by atoms with van der Waals surface area (Å²) in [4.78, 5) is 18.1. The Bertz CT molecular complexity index is 959. The lowest BCUT2D eigenvalue weighted by atomic mass is 10.1. The van der Waals surface area contributed by atoms with Gasteiger partial charge in [-0.25, -0.2) is 4.79 Å². The standard InChI is InChI=1S/C25H32N2O4/c1-18(2)15-17-27(24-26-21-9-5-6-10-22(21)30-24)16-7-8-19-11-13-20(14-12-19)31-25(3,4)23(28)29/h5-6,9-14,18H,7-8,15-17H2,1-4H3,(H,28,29). The molecule has 0 unspecified atom stereocenters. The first-order valence-corrected chi connectivity index (χ1v) is 10.9. The highest BCUT2D eigenvalue weighted by Gasteiger charge is 2.29. The number of carboxylic acids is 1. The van der Waals surface area contributed by atoms with Crippen molar-refractivity contribution in [1.82, 2.24) is 4.98 Å². The van der Waals surface area contributed by atoms with Crippen LogP contribution in [0.5, 0.6) is 5.75 Å². The SMILES string of the molecule is CC(C)CCN(CCCc1ccc(OC(C)(C)C(=O)O)cc1)c1nc2ccccc2o1. The van der Waals surface area contributed by atoms with Crippen LogP contribution < -0.4 is 9.64 Å². The van der Waals surface area contributed by atoms with E-state index in [9.17, 15) is 9.90 Å². The number of hydrogen-bond acceptors (Lipinski definition) is 5. The molecule has 2 aromatic carbocycles. The van der Waals surface area contributed by atoms with E-state index in [0.717, 1.165) is 43.5 Å². The predicted molar refractivity (Wildman–Crippen MR) is 123 cm³/mol. The first kappa shape index (κ1) is 22.7. The molecule has 0 saturated carbocycles. The number of hydrogen-bond donors (Lipinski definition) is 1. The number of carboxylic acid groups (broad SMARTS) is 1. The van der Waals surface area contributed by atoms with Crippen molar-refractivity contribution in [2.75, 3.05) is 18.0 Å². The van der Waals surface area contributed by atoms with E-state index in [1.165, 1.54) is 5.56 Å². The Balaban J connectivity index is 1.60. The molecule has 1 N–H and O–H groups in total. The number of aliphatic carboxylic acids is 1. The van der Waals surface area contributed by atoms with E-state index in [1.54, 1.807) is 13.8 Å². The van der Waals surface area contributed by atoms with Crippen LogP contribution in [-0.4, -0.2) is 34.8 Å². The van der Waals surface area contributed by atoms with E-state index in [2.05, 4.69) is 23.7 Å². The maximum atomic E-state index is 11.2. The highest BCUT2D eigenvalue weighted by atomic mass is 16.5. The smallest absolute Gasteiger partial charge is 0.347 e. The summed E-state index contributed by atoms with van der Waals surface area (Å²) >= 11 is 0. The van der Waals surface area contributed by atoms with Gasteiger partial charge >= 0.3 is 5.97 Å². The summed E-state index contributed by atoms with van der Waals surface area (Å²) in [5.41, 5.74) is 1.62. The minimum atomic E-state index is -1.25. The second-order valence-corrected chi connectivity index (χ2v) is 8.80. The molecule has 166 valence electrons. The first-order chi connectivity index (χ1) is 14.7. The summed E-state index contributed by atoms with van der Waals surface area (Å²) in [6.45, 7) is 9.28. The second-order valence-electron chi connectivity index (χ2n) is 8.80. The Labute approximate surface area is 183 Å². The van der Waals surface area contributed by atoms with Crippen LogP contribution in [0.4, 0.5) is 6.01 Å². The number of benzene rings is 2. The number of aromatic nitrogens is 1. The molecule has 0 aliphatic heterocycles. The Morgan fingerprint density at radius 3 is 2.48 bits per heavy atom. The van der Waals surface area contributed by atoms with E-state index < -0.39 is 11.6 Å². The number of nitrogens with zero attached hydrogens (tertiary/aromatic N) is 2. The van der Waals surface area contributed by atoms with Crippen LogP contribution in [0.3, 0.4) is 0 Å². The van der Waals surface area contributed by atoms with Gasteiger partial charge in [-0.15, -0.1) is 0 Å². The van der Waals surface area contributed by atoms with Gasteiger partial charge in [0.15, 0.2) is 11.2 Å². The maximum absolute atomic E-state index is 11.2.